The number of carbonyl (C=O) groups is 3. The van der Waals surface area contributed by atoms with Crippen molar-refractivity contribution in [1.82, 2.24) is 10.6 Å². The molecule has 2 aromatic rings. The lowest BCUT2D eigenvalue weighted by molar-refractivity contribution is -0.145. The van der Waals surface area contributed by atoms with Crippen molar-refractivity contribution in [3.63, 3.8) is 0 Å². The number of carboxylic acids is 1. The second-order valence-corrected chi connectivity index (χ2v) is 6.91. The average molecular weight is 414 g/mol. The number of ether oxygens (including phenoxy) is 1. The van der Waals surface area contributed by atoms with Gasteiger partial charge in [-0.05, 0) is 24.5 Å². The van der Waals surface area contributed by atoms with Crippen molar-refractivity contribution in [1.29, 1.82) is 0 Å². The van der Waals surface area contributed by atoms with E-state index in [1.165, 1.54) is 0 Å². The molecule has 0 heterocycles. The van der Waals surface area contributed by atoms with Gasteiger partial charge in [0.2, 0.25) is 5.91 Å². The highest BCUT2D eigenvalue weighted by atomic mass is 16.5. The summed E-state index contributed by atoms with van der Waals surface area (Å²) < 4.78 is 5.15. The molecule has 8 heteroatoms. The van der Waals surface area contributed by atoms with E-state index in [0.29, 0.717) is 5.56 Å². The number of carboxylic acid groups (broad SMARTS) is 1. The van der Waals surface area contributed by atoms with Gasteiger partial charge in [-0.25, -0.2) is 4.79 Å². The number of benzene rings is 2. The Morgan fingerprint density at radius 3 is 2.03 bits per heavy atom. The van der Waals surface area contributed by atoms with Gasteiger partial charge in [0.1, 0.15) is 12.6 Å². The van der Waals surface area contributed by atoms with Gasteiger partial charge in [0.15, 0.2) is 0 Å². The van der Waals surface area contributed by atoms with Gasteiger partial charge in [-0.1, -0.05) is 60.7 Å². The number of nitrogens with one attached hydrogen (secondary N) is 2. The lowest BCUT2D eigenvalue weighted by atomic mass is 9.91. The quantitative estimate of drug-likeness (QED) is 0.469. The summed E-state index contributed by atoms with van der Waals surface area (Å²) in [5, 5.41) is 23.8. The first kappa shape index (κ1) is 22.9. The number of aliphatic hydroxyl groups is 1. The summed E-state index contributed by atoms with van der Waals surface area (Å²) in [5.74, 6) is -3.18. The van der Waals surface area contributed by atoms with Crippen molar-refractivity contribution in [3.8, 4) is 0 Å². The van der Waals surface area contributed by atoms with Gasteiger partial charge in [-0.3, -0.25) is 9.59 Å². The number of carbonyl (C=O) groups excluding carboxylic acids is 2. The van der Waals surface area contributed by atoms with Crippen molar-refractivity contribution in [2.75, 3.05) is 6.61 Å². The van der Waals surface area contributed by atoms with Crippen molar-refractivity contribution in [3.05, 3.63) is 71.8 Å². The van der Waals surface area contributed by atoms with E-state index >= 15 is 0 Å². The summed E-state index contributed by atoms with van der Waals surface area (Å²) in [6.45, 7) is 1.22. The molecule has 0 aliphatic carbocycles. The zero-order valence-corrected chi connectivity index (χ0v) is 16.7. The lowest BCUT2D eigenvalue weighted by Crippen LogP contribution is -2.55. The van der Waals surface area contributed by atoms with Crippen molar-refractivity contribution < 1.29 is 29.3 Å². The number of aliphatic carboxylic acids is 1. The highest BCUT2D eigenvalue weighted by molar-refractivity contribution is 5.90. The van der Waals surface area contributed by atoms with E-state index in [1.54, 1.807) is 61.5 Å². The largest absolute Gasteiger partial charge is 0.481 e. The monoisotopic (exact) mass is 414 g/mol. The van der Waals surface area contributed by atoms with Crippen LogP contribution in [0.25, 0.3) is 0 Å². The maximum absolute atomic E-state index is 12.7. The fraction of sp³-hybridized carbons (Fsp3) is 0.318. The van der Waals surface area contributed by atoms with Crippen LogP contribution in [0.4, 0.5) is 4.79 Å². The van der Waals surface area contributed by atoms with Crippen LogP contribution < -0.4 is 10.6 Å². The summed E-state index contributed by atoms with van der Waals surface area (Å²) in [6, 6.07) is 15.8. The van der Waals surface area contributed by atoms with Gasteiger partial charge in [-0.2, -0.15) is 0 Å². The summed E-state index contributed by atoms with van der Waals surface area (Å²) in [5.41, 5.74) is 1.46. The first-order chi connectivity index (χ1) is 14.4. The zero-order chi connectivity index (χ0) is 21.9. The molecule has 0 fully saturated rings. The fourth-order valence-corrected chi connectivity index (χ4v) is 2.83. The maximum Gasteiger partial charge on any atom is 0.408 e. The first-order valence-corrected chi connectivity index (χ1v) is 9.56. The predicted molar refractivity (Wildman–Crippen MR) is 110 cm³/mol. The van der Waals surface area contributed by atoms with Crippen LogP contribution in [0.2, 0.25) is 0 Å². The van der Waals surface area contributed by atoms with Crippen LogP contribution in [0.15, 0.2) is 60.7 Å². The fourth-order valence-electron chi connectivity index (χ4n) is 2.83. The molecule has 0 bridgehead atoms. The normalized spacial score (nSPS) is 13.5. The smallest absolute Gasteiger partial charge is 0.408 e. The SMILES string of the molecule is C[C@H](CO)NC(=O)[C@@H](NC(=O)OCc1ccccc1)C(Cc1ccccc1)C(=O)O. The number of hydrogen-bond acceptors (Lipinski definition) is 5. The zero-order valence-electron chi connectivity index (χ0n) is 16.7. The second-order valence-electron chi connectivity index (χ2n) is 6.91. The summed E-state index contributed by atoms with van der Waals surface area (Å²) in [6.07, 6.45) is -0.879. The number of aliphatic hydroxyl groups excluding tert-OH is 1. The average Bonchev–Trinajstić information content (AvgIpc) is 2.75. The molecule has 0 aliphatic rings. The highest BCUT2D eigenvalue weighted by Gasteiger charge is 2.36. The van der Waals surface area contributed by atoms with E-state index in [-0.39, 0.29) is 19.6 Å². The second kappa shape index (κ2) is 11.6. The van der Waals surface area contributed by atoms with Crippen LogP contribution in [0.3, 0.4) is 0 Å². The predicted octanol–water partition coefficient (Wildman–Crippen LogP) is 1.72. The Hall–Kier alpha value is -3.39. The Labute approximate surface area is 174 Å². The molecule has 160 valence electrons. The minimum atomic E-state index is -1.39. The molecule has 2 rings (SSSR count). The summed E-state index contributed by atoms with van der Waals surface area (Å²) in [7, 11) is 0. The van der Waals surface area contributed by atoms with Crippen LogP contribution in [-0.2, 0) is 27.4 Å². The molecule has 0 aliphatic heterocycles. The summed E-state index contributed by atoms with van der Waals surface area (Å²) in [4.78, 5) is 37.0. The van der Waals surface area contributed by atoms with Crippen LogP contribution >= 0.6 is 0 Å². The Morgan fingerprint density at radius 2 is 1.50 bits per heavy atom. The molecule has 0 spiro atoms. The van der Waals surface area contributed by atoms with Gasteiger partial charge in [-0.15, -0.1) is 0 Å². The number of amides is 2. The van der Waals surface area contributed by atoms with Gasteiger partial charge >= 0.3 is 12.1 Å². The molecule has 1 unspecified atom stereocenters. The Kier molecular flexibility index (Phi) is 8.83. The molecule has 2 amide bonds. The molecule has 0 aromatic heterocycles. The number of hydrogen-bond donors (Lipinski definition) is 4. The molecule has 0 saturated heterocycles. The molecule has 3 atom stereocenters. The molecule has 4 N–H and O–H groups in total. The standard InChI is InChI=1S/C22H26N2O6/c1-15(13-25)23-20(26)19(18(21(27)28)12-16-8-4-2-5-9-16)24-22(29)30-14-17-10-6-3-7-11-17/h2-11,15,18-19,25H,12-14H2,1H3,(H,23,26)(H,24,29)(H,27,28)/t15-,18?,19+/m1/s1. The van der Waals surface area contributed by atoms with E-state index in [4.69, 9.17) is 4.74 Å². The van der Waals surface area contributed by atoms with Gasteiger partial charge < -0.3 is 25.6 Å². The third kappa shape index (κ3) is 7.21. The maximum atomic E-state index is 12.7. The van der Waals surface area contributed by atoms with E-state index < -0.39 is 36.0 Å². The number of rotatable bonds is 10. The van der Waals surface area contributed by atoms with E-state index in [9.17, 15) is 24.6 Å². The molecule has 0 radical (unpaired) electrons. The topological polar surface area (TPSA) is 125 Å². The van der Waals surface area contributed by atoms with E-state index in [1.807, 2.05) is 6.07 Å². The minimum absolute atomic E-state index is 0.0233. The van der Waals surface area contributed by atoms with Crippen LogP contribution in [0.5, 0.6) is 0 Å². The van der Waals surface area contributed by atoms with E-state index in [2.05, 4.69) is 10.6 Å². The molecular weight excluding hydrogens is 388 g/mol. The molecule has 8 nitrogen and oxygen atoms in total. The van der Waals surface area contributed by atoms with E-state index in [0.717, 1.165) is 5.56 Å². The Morgan fingerprint density at radius 1 is 0.933 bits per heavy atom. The molecule has 0 saturated carbocycles. The van der Waals surface area contributed by atoms with Crippen molar-refractivity contribution >= 4 is 18.0 Å². The van der Waals surface area contributed by atoms with Crippen LogP contribution in [0, 0.1) is 5.92 Å². The van der Waals surface area contributed by atoms with Gasteiger partial charge in [0, 0.05) is 6.04 Å². The third-order valence-electron chi connectivity index (χ3n) is 4.45. The summed E-state index contributed by atoms with van der Waals surface area (Å²) >= 11 is 0. The molecular formula is C22H26N2O6. The highest BCUT2D eigenvalue weighted by Crippen LogP contribution is 2.15. The van der Waals surface area contributed by atoms with Gasteiger partial charge in [0.05, 0.1) is 12.5 Å². The minimum Gasteiger partial charge on any atom is -0.481 e. The van der Waals surface area contributed by atoms with Crippen LogP contribution in [-0.4, -0.2) is 46.9 Å². The van der Waals surface area contributed by atoms with Gasteiger partial charge in [0.25, 0.3) is 0 Å². The van der Waals surface area contributed by atoms with Crippen molar-refractivity contribution in [2.24, 2.45) is 5.92 Å². The molecule has 30 heavy (non-hydrogen) atoms. The van der Waals surface area contributed by atoms with Crippen LogP contribution in [0.1, 0.15) is 18.1 Å². The Balaban J connectivity index is 2.15. The number of alkyl carbamates (subject to hydrolysis) is 1. The van der Waals surface area contributed by atoms with Crippen molar-refractivity contribution in [2.45, 2.75) is 32.0 Å². The first-order valence-electron chi connectivity index (χ1n) is 9.56. The third-order valence-corrected chi connectivity index (χ3v) is 4.45. The Bertz CT molecular complexity index is 828. The molecule has 2 aromatic carbocycles. The lowest BCUT2D eigenvalue weighted by Gasteiger charge is -2.25.